The molecule has 0 saturated heterocycles. The predicted octanol–water partition coefficient (Wildman–Crippen LogP) is 21.4. The van der Waals surface area contributed by atoms with Gasteiger partial charge in [0.2, 0.25) is 0 Å². The van der Waals surface area contributed by atoms with Crippen molar-refractivity contribution in [3.05, 3.63) is 223 Å². The largest absolute Gasteiger partial charge is 2.00 e. The van der Waals surface area contributed by atoms with Crippen LogP contribution in [0.3, 0.4) is 0 Å². The van der Waals surface area contributed by atoms with Crippen molar-refractivity contribution in [2.75, 3.05) is 0 Å². The van der Waals surface area contributed by atoms with Crippen molar-refractivity contribution in [3.63, 3.8) is 0 Å². The van der Waals surface area contributed by atoms with Crippen molar-refractivity contribution in [1.29, 1.82) is 0 Å². The van der Waals surface area contributed by atoms with Crippen LogP contribution < -0.4 is 0 Å². The van der Waals surface area contributed by atoms with E-state index in [2.05, 4.69) is 202 Å². The van der Waals surface area contributed by atoms with Crippen LogP contribution in [-0.4, -0.2) is 35.3 Å². The molecule has 0 heterocycles. The average Bonchev–Trinajstić information content (AvgIpc) is 3.30. The molecule has 0 saturated carbocycles. The summed E-state index contributed by atoms with van der Waals surface area (Å²) < 4.78 is 0. The van der Waals surface area contributed by atoms with Gasteiger partial charge in [0.05, 0.1) is 57.0 Å². The molecule has 0 amide bonds. The molecule has 6 aromatic rings. The van der Waals surface area contributed by atoms with Crippen molar-refractivity contribution in [2.24, 2.45) is 30.0 Å². The zero-order valence-corrected chi connectivity index (χ0v) is 53.8. The topological polar surface area (TPSA) is 74.2 Å². The Morgan fingerprint density at radius 2 is 0.481 bits per heavy atom. The molecule has 6 aromatic carbocycles. The van der Waals surface area contributed by atoms with Gasteiger partial charge in [-0.1, -0.05) is 165 Å². The fraction of sp³-hybridized carbons (Fsp3) is 0.294. The van der Waals surface area contributed by atoms with Gasteiger partial charge in [0.15, 0.2) is 0 Å². The first kappa shape index (κ1) is 83.1. The monoisotopic (exact) mass is 1170 g/mol. The Morgan fingerprint density at radius 1 is 0.299 bits per heavy atom. The first-order valence-corrected chi connectivity index (χ1v) is 24.2. The molecule has 77 heavy (non-hydrogen) atoms. The molecule has 0 aliphatic rings. The molecule has 0 bridgehead atoms. The van der Waals surface area contributed by atoms with Gasteiger partial charge in [-0.05, 0) is 148 Å². The normalized spacial score (nSPS) is 11.1. The summed E-state index contributed by atoms with van der Waals surface area (Å²) in [5, 5.41) is 0. The van der Waals surface area contributed by atoms with Gasteiger partial charge in [0, 0.05) is 12.4 Å². The Labute approximate surface area is 502 Å². The summed E-state index contributed by atoms with van der Waals surface area (Å²) in [7, 11) is 0. The minimum Gasteiger partial charge on any atom is -0.358 e. The summed E-state index contributed by atoms with van der Waals surface area (Å²) in [6.07, 6.45) is 3.53. The van der Waals surface area contributed by atoms with Crippen LogP contribution in [-0.2, 0) is 49.5 Å². The molecular weight excluding hydrogens is 1080 g/mol. The van der Waals surface area contributed by atoms with Crippen LogP contribution in [0.25, 0.3) is 0 Å². The Kier molecular flexibility index (Phi) is 45.2. The van der Waals surface area contributed by atoms with Crippen LogP contribution in [0.4, 0.5) is 34.1 Å². The van der Waals surface area contributed by atoms with Gasteiger partial charge >= 0.3 is 49.5 Å². The van der Waals surface area contributed by atoms with E-state index in [1.807, 2.05) is 52.0 Å². The minimum atomic E-state index is 0. The number of aliphatic imine (C=N–C) groups is 6. The molecule has 9 heteroatoms. The number of rotatable bonds is 13. The Hall–Kier alpha value is -5.18. The molecule has 0 aliphatic heterocycles. The second-order valence-corrected chi connectivity index (χ2v) is 18.7. The van der Waals surface area contributed by atoms with E-state index in [9.17, 15) is 0 Å². The van der Waals surface area contributed by atoms with E-state index in [1.165, 1.54) is 44.5 Å². The molecule has 0 aromatic heterocycles. The number of hydrogen-bond acceptors (Lipinski definition) is 6. The summed E-state index contributed by atoms with van der Waals surface area (Å²) in [5.74, 6) is 1.82. The molecule has 0 unspecified atom stereocenters. The van der Waals surface area contributed by atoms with E-state index in [0.717, 1.165) is 57.0 Å². The summed E-state index contributed by atoms with van der Waals surface area (Å²) in [6, 6.07) is 45.8. The van der Waals surface area contributed by atoms with E-state index in [1.54, 1.807) is 12.4 Å². The van der Waals surface area contributed by atoms with Crippen LogP contribution in [0, 0.1) is 72.3 Å². The van der Waals surface area contributed by atoms with Crippen molar-refractivity contribution < 1.29 is 49.5 Å². The van der Waals surface area contributed by atoms with Crippen LogP contribution in [0.5, 0.6) is 0 Å². The van der Waals surface area contributed by atoms with Crippen LogP contribution in [0.15, 0.2) is 163 Å². The minimum absolute atomic E-state index is 0. The van der Waals surface area contributed by atoms with E-state index in [-0.39, 0.29) is 94.0 Å². The standard InChI is InChI=1S/2C22H28N2.C18H20N2.6CH3.3Ni/c2*1-15(2)19-11-7-9-13-21(19)23-17(5)18(6)24-22-14-10-8-12-20(22)16(3)4;1-13-7-5-8-14(2)17(13)19-11-12-20-18-15(3)9-6-10-16(18)4;;;;;;;;;/h2*7-16H,1-6H3;5-12H,1-4H3;6*1H3;;;/q;;;6*-1;3*+2. The summed E-state index contributed by atoms with van der Waals surface area (Å²) in [4.78, 5) is 28.4. The third-order valence-corrected chi connectivity index (χ3v) is 11.8. The third-order valence-electron chi connectivity index (χ3n) is 11.8. The maximum Gasteiger partial charge on any atom is 2.00 e. The second kappa shape index (κ2) is 41.9. The Morgan fingerprint density at radius 3 is 0.662 bits per heavy atom. The zero-order valence-electron chi connectivity index (χ0n) is 50.8. The number of aryl methyl sites for hydroxylation is 4. The van der Waals surface area contributed by atoms with Gasteiger partial charge in [0.25, 0.3) is 0 Å². The van der Waals surface area contributed by atoms with E-state index >= 15 is 0 Å². The SMILES string of the molecule is CC(=Nc1ccccc1C(C)C)C(C)=Nc1ccccc1C(C)C.CC(=Nc1ccccc1C(C)C)C(C)=Nc1ccccc1C(C)C.Cc1cccc(C)c1N=CC=Nc1c(C)cccc1C.[CH3-].[CH3-].[CH3-].[CH3-].[CH3-].[CH3-].[Ni+2].[Ni+2].[Ni+2]. The van der Waals surface area contributed by atoms with Gasteiger partial charge in [0.1, 0.15) is 0 Å². The van der Waals surface area contributed by atoms with E-state index < -0.39 is 0 Å². The molecule has 0 atom stereocenters. The number of benzene rings is 6. The summed E-state index contributed by atoms with van der Waals surface area (Å²) >= 11 is 0. The summed E-state index contributed by atoms with van der Waals surface area (Å²) in [5.41, 5.74) is 19.9. The first-order valence-electron chi connectivity index (χ1n) is 24.2. The van der Waals surface area contributed by atoms with Gasteiger partial charge in [-0.3, -0.25) is 30.0 Å². The Balaban J connectivity index is -0.000000233. The van der Waals surface area contributed by atoms with Crippen molar-refractivity contribution in [3.8, 4) is 0 Å². The van der Waals surface area contributed by atoms with E-state index in [4.69, 9.17) is 20.0 Å². The molecular formula is C68H94N6Ni3. The van der Waals surface area contributed by atoms with Crippen LogP contribution in [0.2, 0.25) is 0 Å². The zero-order chi connectivity index (χ0) is 49.9. The van der Waals surface area contributed by atoms with Gasteiger partial charge in [-0.15, -0.1) is 0 Å². The molecule has 0 radical (unpaired) electrons. The van der Waals surface area contributed by atoms with Gasteiger partial charge < -0.3 is 44.6 Å². The number of nitrogens with zero attached hydrogens (tertiary/aromatic N) is 6. The van der Waals surface area contributed by atoms with Crippen molar-refractivity contribution in [2.45, 2.75) is 134 Å². The third kappa shape index (κ3) is 25.9. The molecule has 6 nitrogen and oxygen atoms in total. The van der Waals surface area contributed by atoms with Crippen LogP contribution >= 0.6 is 0 Å². The van der Waals surface area contributed by atoms with Gasteiger partial charge in [-0.25, -0.2) is 0 Å². The fourth-order valence-electron chi connectivity index (χ4n) is 7.59. The number of para-hydroxylation sites is 6. The molecule has 6 rings (SSSR count). The van der Waals surface area contributed by atoms with Crippen molar-refractivity contribution >= 4 is 69.4 Å². The quantitative estimate of drug-likeness (QED) is 0.0628. The van der Waals surface area contributed by atoms with Crippen molar-refractivity contribution in [1.82, 2.24) is 0 Å². The molecule has 0 aliphatic carbocycles. The first-order chi connectivity index (χ1) is 32.4. The number of hydrogen-bond donors (Lipinski definition) is 0. The van der Waals surface area contributed by atoms with E-state index in [0.29, 0.717) is 23.7 Å². The second-order valence-electron chi connectivity index (χ2n) is 18.7. The predicted molar refractivity (Wildman–Crippen MR) is 340 cm³/mol. The Bertz CT molecular complexity index is 2430. The molecule has 0 fully saturated rings. The summed E-state index contributed by atoms with van der Waals surface area (Å²) in [6.45, 7) is 34.0. The smallest absolute Gasteiger partial charge is 0.358 e. The maximum atomic E-state index is 4.84. The fourth-order valence-corrected chi connectivity index (χ4v) is 7.59. The van der Waals surface area contributed by atoms with Gasteiger partial charge in [-0.2, -0.15) is 0 Å². The maximum absolute atomic E-state index is 4.84. The molecule has 426 valence electrons. The van der Waals surface area contributed by atoms with Crippen LogP contribution in [0.1, 0.15) is 151 Å². The molecule has 0 spiro atoms. The molecule has 0 N–H and O–H groups in total. The average molecular weight is 1170 g/mol.